The number of halogens is 5. The minimum atomic E-state index is -4.57. The molecule has 23 heavy (non-hydrogen) atoms. The van der Waals surface area contributed by atoms with Crippen LogP contribution in [0.1, 0.15) is 16.1 Å². The third kappa shape index (κ3) is 4.62. The lowest BCUT2D eigenvalue weighted by Gasteiger charge is -2.06. The summed E-state index contributed by atoms with van der Waals surface area (Å²) in [4.78, 5) is 15.2. The van der Waals surface area contributed by atoms with Gasteiger partial charge >= 0.3 is 6.18 Å². The first-order valence-electron chi connectivity index (χ1n) is 6.47. The Kier molecular flexibility index (Phi) is 5.14. The second-order valence-corrected chi connectivity index (χ2v) is 4.53. The van der Waals surface area contributed by atoms with E-state index >= 15 is 0 Å². The lowest BCUT2D eigenvalue weighted by atomic mass is 10.2. The fourth-order valence-corrected chi connectivity index (χ4v) is 1.77. The minimum Gasteiger partial charge on any atom is -0.374 e. The number of pyridine rings is 1. The van der Waals surface area contributed by atoms with Gasteiger partial charge in [0, 0.05) is 18.9 Å². The highest BCUT2D eigenvalue weighted by molar-refractivity contribution is 5.94. The maximum absolute atomic E-state index is 12.6. The first-order chi connectivity index (χ1) is 10.8. The normalized spacial score (nSPS) is 12.1. The molecular formula is C13H12F5N3O2. The number of fused-ring (bicyclic) bond motifs is 1. The summed E-state index contributed by atoms with van der Waals surface area (Å²) in [6, 6.07) is 2.59. The average molecular weight is 337 g/mol. The summed E-state index contributed by atoms with van der Waals surface area (Å²) in [5.74, 6) is -0.560. The number of ether oxygens (including phenoxy) is 1. The van der Waals surface area contributed by atoms with Crippen LogP contribution in [0.15, 0.2) is 24.5 Å². The molecule has 0 spiro atoms. The zero-order valence-electron chi connectivity index (χ0n) is 11.6. The van der Waals surface area contributed by atoms with E-state index in [9.17, 15) is 26.7 Å². The van der Waals surface area contributed by atoms with Crippen molar-refractivity contribution in [3.8, 4) is 0 Å². The molecule has 0 radical (unpaired) electrons. The van der Waals surface area contributed by atoms with Gasteiger partial charge in [-0.25, -0.2) is 13.8 Å². The molecule has 0 bridgehead atoms. The van der Waals surface area contributed by atoms with E-state index in [1.807, 2.05) is 0 Å². The molecule has 0 aliphatic rings. The van der Waals surface area contributed by atoms with Crippen LogP contribution in [-0.4, -0.2) is 41.5 Å². The molecule has 0 unspecified atom stereocenters. The number of aromatic nitrogens is 2. The van der Waals surface area contributed by atoms with Gasteiger partial charge in [0.25, 0.3) is 12.3 Å². The molecule has 5 nitrogen and oxygen atoms in total. The molecule has 0 aliphatic heterocycles. The topological polar surface area (TPSA) is 55.6 Å². The van der Waals surface area contributed by atoms with Crippen LogP contribution in [0.4, 0.5) is 22.0 Å². The maximum atomic E-state index is 12.6. The Morgan fingerprint density at radius 1 is 1.30 bits per heavy atom. The van der Waals surface area contributed by atoms with E-state index in [-0.39, 0.29) is 24.4 Å². The summed E-state index contributed by atoms with van der Waals surface area (Å²) in [5, 5.41) is 2.41. The van der Waals surface area contributed by atoms with Crippen molar-refractivity contribution in [3.05, 3.63) is 35.8 Å². The number of nitrogens with one attached hydrogen (secondary N) is 1. The number of hydrogen-bond acceptors (Lipinski definition) is 3. The van der Waals surface area contributed by atoms with Crippen LogP contribution in [0, 0.1) is 0 Å². The fourth-order valence-electron chi connectivity index (χ4n) is 1.77. The number of carbonyl (C=O) groups excluding carboxylic acids is 1. The maximum Gasteiger partial charge on any atom is 0.434 e. The summed E-state index contributed by atoms with van der Waals surface area (Å²) >= 11 is 0. The van der Waals surface area contributed by atoms with E-state index in [0.29, 0.717) is 0 Å². The summed E-state index contributed by atoms with van der Waals surface area (Å²) in [5.41, 5.74) is -0.901. The molecular weight excluding hydrogens is 325 g/mol. The highest BCUT2D eigenvalue weighted by Gasteiger charge is 2.33. The van der Waals surface area contributed by atoms with Crippen molar-refractivity contribution < 1.29 is 31.5 Å². The third-order valence-corrected chi connectivity index (χ3v) is 2.78. The number of nitrogens with zero attached hydrogens (tertiary/aromatic N) is 2. The molecule has 0 saturated heterocycles. The molecule has 2 heterocycles. The highest BCUT2D eigenvalue weighted by atomic mass is 19.4. The molecule has 0 aromatic carbocycles. The Bertz CT molecular complexity index is 684. The average Bonchev–Trinajstić information content (AvgIpc) is 2.89. The molecule has 126 valence electrons. The van der Waals surface area contributed by atoms with Crippen LogP contribution < -0.4 is 5.32 Å². The van der Waals surface area contributed by atoms with E-state index in [1.54, 1.807) is 0 Å². The predicted octanol–water partition coefficient (Wildman–Crippen LogP) is 2.36. The second-order valence-electron chi connectivity index (χ2n) is 4.53. The van der Waals surface area contributed by atoms with E-state index in [4.69, 9.17) is 0 Å². The van der Waals surface area contributed by atoms with Crippen LogP contribution in [0.2, 0.25) is 0 Å². The molecule has 2 rings (SSSR count). The van der Waals surface area contributed by atoms with Crippen molar-refractivity contribution in [2.75, 3.05) is 19.8 Å². The molecule has 1 amide bonds. The van der Waals surface area contributed by atoms with Crippen molar-refractivity contribution in [2.24, 2.45) is 0 Å². The minimum absolute atomic E-state index is 0.00131. The van der Waals surface area contributed by atoms with E-state index in [0.717, 1.165) is 10.6 Å². The summed E-state index contributed by atoms with van der Waals surface area (Å²) in [6.45, 7) is -0.819. The molecule has 2 aromatic heterocycles. The van der Waals surface area contributed by atoms with Gasteiger partial charge in [-0.15, -0.1) is 0 Å². The number of alkyl halides is 5. The molecule has 0 fully saturated rings. The van der Waals surface area contributed by atoms with Crippen LogP contribution in [0.25, 0.3) is 5.65 Å². The quantitative estimate of drug-likeness (QED) is 0.650. The Morgan fingerprint density at radius 3 is 2.70 bits per heavy atom. The van der Waals surface area contributed by atoms with Gasteiger partial charge in [-0.05, 0) is 12.1 Å². The highest BCUT2D eigenvalue weighted by Crippen LogP contribution is 2.28. The third-order valence-electron chi connectivity index (χ3n) is 2.78. The first-order valence-corrected chi connectivity index (χ1v) is 6.47. The van der Waals surface area contributed by atoms with Crippen molar-refractivity contribution >= 4 is 11.6 Å². The Hall–Kier alpha value is -2.23. The molecule has 1 N–H and O–H groups in total. The molecule has 0 saturated carbocycles. The fraction of sp³-hybridized carbons (Fsp3) is 0.385. The zero-order chi connectivity index (χ0) is 17.0. The first kappa shape index (κ1) is 17.1. The van der Waals surface area contributed by atoms with Crippen LogP contribution in [-0.2, 0) is 10.9 Å². The largest absolute Gasteiger partial charge is 0.434 e. The van der Waals surface area contributed by atoms with Gasteiger partial charge in [-0.1, -0.05) is 0 Å². The SMILES string of the molecule is O=C(NCCOCC(F)F)c1ccc2nc(C(F)(F)F)cn2c1. The Labute approximate surface area is 127 Å². The van der Waals surface area contributed by atoms with E-state index < -0.39 is 30.8 Å². The molecule has 0 aliphatic carbocycles. The molecule has 10 heteroatoms. The zero-order valence-corrected chi connectivity index (χ0v) is 11.6. The van der Waals surface area contributed by atoms with Crippen LogP contribution in [0.5, 0.6) is 0 Å². The molecule has 2 aromatic rings. The summed E-state index contributed by atoms with van der Waals surface area (Å²) in [6.07, 6.45) is -5.18. The van der Waals surface area contributed by atoms with Gasteiger partial charge < -0.3 is 14.5 Å². The van der Waals surface area contributed by atoms with Gasteiger partial charge in [0.15, 0.2) is 5.69 Å². The summed E-state index contributed by atoms with van der Waals surface area (Å²) in [7, 11) is 0. The number of carbonyl (C=O) groups is 1. The van der Waals surface area contributed by atoms with Gasteiger partial charge in [0.05, 0.1) is 12.2 Å². The number of amides is 1. The van der Waals surface area contributed by atoms with Crippen LogP contribution >= 0.6 is 0 Å². The predicted molar refractivity (Wildman–Crippen MR) is 69.4 cm³/mol. The summed E-state index contributed by atoms with van der Waals surface area (Å²) < 4.78 is 67.0. The van der Waals surface area contributed by atoms with Crippen LogP contribution in [0.3, 0.4) is 0 Å². The van der Waals surface area contributed by atoms with Crippen molar-refractivity contribution in [1.29, 1.82) is 0 Å². The Balaban J connectivity index is 1.98. The molecule has 0 atom stereocenters. The lowest BCUT2D eigenvalue weighted by Crippen LogP contribution is -2.28. The van der Waals surface area contributed by atoms with Gasteiger partial charge in [-0.3, -0.25) is 4.79 Å². The van der Waals surface area contributed by atoms with Gasteiger partial charge in [-0.2, -0.15) is 13.2 Å². The lowest BCUT2D eigenvalue weighted by molar-refractivity contribution is -0.140. The van der Waals surface area contributed by atoms with Gasteiger partial charge in [0.2, 0.25) is 0 Å². The van der Waals surface area contributed by atoms with E-state index in [2.05, 4.69) is 15.0 Å². The standard InChI is InChI=1S/C13H12F5N3O2/c14-10(15)7-23-4-3-19-12(22)8-1-2-11-20-9(13(16,17)18)6-21(11)5-8/h1-2,5-6,10H,3-4,7H2,(H,19,22). The van der Waals surface area contributed by atoms with Crippen molar-refractivity contribution in [2.45, 2.75) is 12.6 Å². The monoisotopic (exact) mass is 337 g/mol. The van der Waals surface area contributed by atoms with Crippen molar-refractivity contribution in [3.63, 3.8) is 0 Å². The smallest absolute Gasteiger partial charge is 0.374 e. The number of imidazole rings is 1. The Morgan fingerprint density at radius 2 is 2.04 bits per heavy atom. The van der Waals surface area contributed by atoms with Gasteiger partial charge in [0.1, 0.15) is 12.3 Å². The van der Waals surface area contributed by atoms with E-state index in [1.165, 1.54) is 18.3 Å². The van der Waals surface area contributed by atoms with Crippen molar-refractivity contribution in [1.82, 2.24) is 14.7 Å². The number of hydrogen-bond donors (Lipinski definition) is 1. The second kappa shape index (κ2) is 6.90. The number of rotatable bonds is 6.